The van der Waals surface area contributed by atoms with Crippen LogP contribution in [0.5, 0.6) is 0 Å². The first-order valence-electron chi connectivity index (χ1n) is 6.57. The largest absolute Gasteiger partial charge is 0.392 e. The second kappa shape index (κ2) is 7.15. The van der Waals surface area contributed by atoms with Crippen LogP contribution < -0.4 is 5.73 Å². The summed E-state index contributed by atoms with van der Waals surface area (Å²) in [6.07, 6.45) is 0.461. The lowest BCUT2D eigenvalue weighted by atomic mass is 10.1. The van der Waals surface area contributed by atoms with Crippen LogP contribution in [-0.4, -0.2) is 53.4 Å². The molecule has 6 heteroatoms. The molecule has 0 atom stereocenters. The van der Waals surface area contributed by atoms with Crippen LogP contribution in [0.15, 0.2) is 28.7 Å². The van der Waals surface area contributed by atoms with Crippen molar-refractivity contribution in [1.29, 1.82) is 0 Å². The number of carbonyl (C=O) groups excluding carboxylic acids is 1. The highest BCUT2D eigenvalue weighted by atomic mass is 79.9. The van der Waals surface area contributed by atoms with E-state index in [-0.39, 0.29) is 5.91 Å². The van der Waals surface area contributed by atoms with Crippen LogP contribution in [0.25, 0.3) is 0 Å². The van der Waals surface area contributed by atoms with E-state index >= 15 is 0 Å². The summed E-state index contributed by atoms with van der Waals surface area (Å²) in [5.41, 5.74) is 6.58. The van der Waals surface area contributed by atoms with Crippen LogP contribution >= 0.6 is 28.1 Å². The summed E-state index contributed by atoms with van der Waals surface area (Å²) in [7, 11) is 0. The number of carbonyl (C=O) groups is 1. The Morgan fingerprint density at radius 1 is 1.20 bits per heavy atom. The zero-order valence-electron chi connectivity index (χ0n) is 11.2. The van der Waals surface area contributed by atoms with Crippen LogP contribution in [-0.2, 0) is 11.2 Å². The second-order valence-corrected chi connectivity index (χ2v) is 6.37. The summed E-state index contributed by atoms with van der Waals surface area (Å²) in [5.74, 6) is 0.183. The first kappa shape index (κ1) is 15.4. The molecule has 1 aromatic carbocycles. The Labute approximate surface area is 133 Å². The van der Waals surface area contributed by atoms with Gasteiger partial charge in [0.1, 0.15) is 0 Å². The zero-order chi connectivity index (χ0) is 14.5. The van der Waals surface area contributed by atoms with Gasteiger partial charge in [-0.25, -0.2) is 0 Å². The van der Waals surface area contributed by atoms with E-state index < -0.39 is 0 Å². The van der Waals surface area contributed by atoms with Crippen LogP contribution in [0.2, 0.25) is 0 Å². The monoisotopic (exact) mass is 355 g/mol. The normalized spacial score (nSPS) is 16.1. The molecule has 0 radical (unpaired) electrons. The number of benzene rings is 1. The van der Waals surface area contributed by atoms with Gasteiger partial charge >= 0.3 is 0 Å². The van der Waals surface area contributed by atoms with Gasteiger partial charge in [0, 0.05) is 37.2 Å². The minimum absolute atomic E-state index is 0.183. The fraction of sp³-hybridized carbons (Fsp3) is 0.429. The summed E-state index contributed by atoms with van der Waals surface area (Å²) < 4.78 is 1.03. The number of hydrogen-bond acceptors (Lipinski definition) is 3. The van der Waals surface area contributed by atoms with E-state index in [0.29, 0.717) is 18.0 Å². The summed E-state index contributed by atoms with van der Waals surface area (Å²) >= 11 is 8.30. The molecule has 1 aromatic rings. The van der Waals surface area contributed by atoms with Gasteiger partial charge in [-0.05, 0) is 17.7 Å². The molecule has 2 N–H and O–H groups in total. The molecule has 0 unspecified atom stereocenters. The van der Waals surface area contributed by atoms with Gasteiger partial charge in [0.2, 0.25) is 5.91 Å². The minimum atomic E-state index is 0.183. The molecule has 20 heavy (non-hydrogen) atoms. The number of halogens is 1. The van der Waals surface area contributed by atoms with Gasteiger partial charge in [0.25, 0.3) is 0 Å². The second-order valence-electron chi connectivity index (χ2n) is 4.93. The topological polar surface area (TPSA) is 49.6 Å². The Hall–Kier alpha value is -0.980. The van der Waals surface area contributed by atoms with Gasteiger partial charge < -0.3 is 10.6 Å². The molecular weight excluding hydrogens is 338 g/mol. The molecule has 1 amide bonds. The first-order chi connectivity index (χ1) is 9.54. The number of hydrogen-bond donors (Lipinski definition) is 1. The van der Waals surface area contributed by atoms with Gasteiger partial charge in [-0.1, -0.05) is 40.3 Å². The molecule has 0 saturated carbocycles. The van der Waals surface area contributed by atoms with E-state index in [1.54, 1.807) is 0 Å². The minimum Gasteiger partial charge on any atom is -0.392 e. The Morgan fingerprint density at radius 2 is 1.80 bits per heavy atom. The van der Waals surface area contributed by atoms with Gasteiger partial charge in [0.05, 0.1) is 11.4 Å². The highest BCUT2D eigenvalue weighted by Gasteiger charge is 2.21. The third-order valence-electron chi connectivity index (χ3n) is 3.37. The SMILES string of the molecule is NC(=S)CN1CCN(C(=O)Cc2ccc(Br)cc2)CC1. The molecule has 0 aromatic heterocycles. The molecule has 0 bridgehead atoms. The van der Waals surface area contributed by atoms with Crippen molar-refractivity contribution in [1.82, 2.24) is 9.80 Å². The maximum atomic E-state index is 12.2. The van der Waals surface area contributed by atoms with E-state index in [2.05, 4.69) is 20.8 Å². The summed E-state index contributed by atoms with van der Waals surface area (Å²) in [6.45, 7) is 3.81. The van der Waals surface area contributed by atoms with Crippen molar-refractivity contribution in [3.05, 3.63) is 34.3 Å². The molecule has 1 aliphatic heterocycles. The number of thiocarbonyl (C=S) groups is 1. The van der Waals surface area contributed by atoms with Gasteiger partial charge in [-0.3, -0.25) is 9.69 Å². The molecule has 1 aliphatic rings. The van der Waals surface area contributed by atoms with E-state index in [9.17, 15) is 4.79 Å². The smallest absolute Gasteiger partial charge is 0.227 e. The van der Waals surface area contributed by atoms with Gasteiger partial charge in [0.15, 0.2) is 0 Å². The average Bonchev–Trinajstić information content (AvgIpc) is 2.41. The molecule has 1 heterocycles. The van der Waals surface area contributed by atoms with Crippen molar-refractivity contribution in [2.75, 3.05) is 32.7 Å². The number of nitrogens with zero attached hydrogens (tertiary/aromatic N) is 2. The third kappa shape index (κ3) is 4.54. The number of rotatable bonds is 4. The fourth-order valence-corrected chi connectivity index (χ4v) is 2.71. The standard InChI is InChI=1S/C14H18BrN3OS/c15-12-3-1-11(2-4-12)9-14(19)18-7-5-17(6-8-18)10-13(16)20/h1-4H,5-10H2,(H2,16,20). The zero-order valence-corrected chi connectivity index (χ0v) is 13.6. The van der Waals surface area contributed by atoms with E-state index in [0.717, 1.165) is 36.2 Å². The quantitative estimate of drug-likeness (QED) is 0.830. The Morgan fingerprint density at radius 3 is 2.35 bits per heavy atom. The van der Waals surface area contributed by atoms with Crippen LogP contribution in [0.4, 0.5) is 0 Å². The Balaban J connectivity index is 1.82. The van der Waals surface area contributed by atoms with Crippen molar-refractivity contribution >= 4 is 39.0 Å². The summed E-state index contributed by atoms with van der Waals surface area (Å²) in [5, 5.41) is 0. The Bertz CT molecular complexity index is 484. The lowest BCUT2D eigenvalue weighted by Crippen LogP contribution is -2.50. The molecule has 2 rings (SSSR count). The maximum Gasteiger partial charge on any atom is 0.227 e. The highest BCUT2D eigenvalue weighted by Crippen LogP contribution is 2.12. The Kier molecular flexibility index (Phi) is 5.51. The fourth-order valence-electron chi connectivity index (χ4n) is 2.26. The molecule has 4 nitrogen and oxygen atoms in total. The van der Waals surface area contributed by atoms with Crippen molar-refractivity contribution in [2.45, 2.75) is 6.42 Å². The van der Waals surface area contributed by atoms with E-state index in [4.69, 9.17) is 18.0 Å². The molecule has 1 fully saturated rings. The van der Waals surface area contributed by atoms with E-state index in [1.165, 1.54) is 0 Å². The summed E-state index contributed by atoms with van der Waals surface area (Å²) in [4.78, 5) is 16.8. The van der Waals surface area contributed by atoms with Crippen LogP contribution in [0, 0.1) is 0 Å². The van der Waals surface area contributed by atoms with E-state index in [1.807, 2.05) is 29.2 Å². The molecule has 0 spiro atoms. The lowest BCUT2D eigenvalue weighted by molar-refractivity contribution is -0.132. The lowest BCUT2D eigenvalue weighted by Gasteiger charge is -2.34. The predicted molar refractivity (Wildman–Crippen MR) is 87.7 cm³/mol. The van der Waals surface area contributed by atoms with Crippen LogP contribution in [0.3, 0.4) is 0 Å². The van der Waals surface area contributed by atoms with Crippen molar-refractivity contribution in [3.63, 3.8) is 0 Å². The maximum absolute atomic E-state index is 12.2. The van der Waals surface area contributed by atoms with Gasteiger partial charge in [-0.2, -0.15) is 0 Å². The van der Waals surface area contributed by atoms with Crippen molar-refractivity contribution in [3.8, 4) is 0 Å². The highest BCUT2D eigenvalue weighted by molar-refractivity contribution is 9.10. The molecule has 108 valence electrons. The molecular formula is C14H18BrN3OS. The number of amides is 1. The third-order valence-corrected chi connectivity index (χ3v) is 4.03. The van der Waals surface area contributed by atoms with Gasteiger partial charge in [-0.15, -0.1) is 0 Å². The van der Waals surface area contributed by atoms with Crippen molar-refractivity contribution < 1.29 is 4.79 Å². The predicted octanol–water partition coefficient (Wildman–Crippen LogP) is 1.42. The van der Waals surface area contributed by atoms with Crippen molar-refractivity contribution in [2.24, 2.45) is 5.73 Å². The average molecular weight is 356 g/mol. The molecule has 0 aliphatic carbocycles. The molecule has 1 saturated heterocycles. The first-order valence-corrected chi connectivity index (χ1v) is 7.77. The number of piperazine rings is 1. The van der Waals surface area contributed by atoms with Crippen LogP contribution in [0.1, 0.15) is 5.56 Å². The summed E-state index contributed by atoms with van der Waals surface area (Å²) in [6, 6.07) is 7.88. The number of nitrogens with two attached hydrogens (primary N) is 1.